The first-order valence-corrected chi connectivity index (χ1v) is 9.74. The maximum Gasteiger partial charge on any atom is 0.280 e. The fourth-order valence-corrected chi connectivity index (χ4v) is 2.36. The van der Waals surface area contributed by atoms with Crippen molar-refractivity contribution in [1.82, 2.24) is 9.55 Å². The van der Waals surface area contributed by atoms with Crippen molar-refractivity contribution >= 4 is 17.3 Å². The van der Waals surface area contributed by atoms with E-state index >= 15 is 0 Å². The van der Waals surface area contributed by atoms with Crippen molar-refractivity contribution in [2.45, 2.75) is 41.5 Å². The summed E-state index contributed by atoms with van der Waals surface area (Å²) in [6, 6.07) is 0. The third-order valence-electron chi connectivity index (χ3n) is 4.31. The summed E-state index contributed by atoms with van der Waals surface area (Å²) in [7, 11) is 0. The summed E-state index contributed by atoms with van der Waals surface area (Å²) in [5.74, 6) is -1.18. The topological polar surface area (TPSA) is 44.1 Å². The maximum absolute atomic E-state index is 14.0. The average Bonchev–Trinajstić information content (AvgIpc) is 2.73. The summed E-state index contributed by atoms with van der Waals surface area (Å²) in [6.07, 6.45) is 10.7. The fourth-order valence-electron chi connectivity index (χ4n) is 2.16. The number of aromatic nitrogens is 2. The van der Waals surface area contributed by atoms with Crippen LogP contribution in [0.1, 0.15) is 41.5 Å². The van der Waals surface area contributed by atoms with Gasteiger partial charge < -0.3 is 4.74 Å². The second-order valence-electron chi connectivity index (χ2n) is 6.54. The van der Waals surface area contributed by atoms with E-state index in [1.54, 1.807) is 6.92 Å². The van der Waals surface area contributed by atoms with E-state index in [0.717, 1.165) is 17.2 Å². The van der Waals surface area contributed by atoms with Crippen LogP contribution in [0.5, 0.6) is 5.88 Å². The molecule has 0 unspecified atom stereocenters. The first-order valence-electron chi connectivity index (χ1n) is 9.36. The van der Waals surface area contributed by atoms with Gasteiger partial charge in [0, 0.05) is 11.3 Å². The summed E-state index contributed by atoms with van der Waals surface area (Å²) >= 11 is 6.15. The van der Waals surface area contributed by atoms with Gasteiger partial charge in [-0.2, -0.15) is 0 Å². The predicted molar refractivity (Wildman–Crippen MR) is 120 cm³/mol. The number of ether oxygens (including phenoxy) is 1. The lowest BCUT2D eigenvalue weighted by atomic mass is 10.2. The van der Waals surface area contributed by atoms with Crippen LogP contribution in [0.25, 0.3) is 5.70 Å². The Morgan fingerprint density at radius 2 is 1.80 bits per heavy atom. The minimum Gasteiger partial charge on any atom is -0.471 e. The van der Waals surface area contributed by atoms with Gasteiger partial charge in [0.05, 0.1) is 5.83 Å². The molecule has 7 heteroatoms. The molecule has 0 saturated carbocycles. The van der Waals surface area contributed by atoms with E-state index in [1.807, 2.05) is 39.0 Å². The van der Waals surface area contributed by atoms with Crippen LogP contribution in [0.3, 0.4) is 0 Å². The van der Waals surface area contributed by atoms with Crippen molar-refractivity contribution in [3.05, 3.63) is 86.5 Å². The van der Waals surface area contributed by atoms with Gasteiger partial charge >= 0.3 is 0 Å². The zero-order chi connectivity index (χ0) is 22.8. The van der Waals surface area contributed by atoms with Crippen molar-refractivity contribution in [2.75, 3.05) is 6.61 Å². The van der Waals surface area contributed by atoms with Crippen LogP contribution in [-0.4, -0.2) is 16.2 Å². The van der Waals surface area contributed by atoms with E-state index in [0.29, 0.717) is 5.70 Å². The Morgan fingerprint density at radius 3 is 2.37 bits per heavy atom. The molecule has 0 aliphatic carbocycles. The molecular weight excluding hydrogens is 410 g/mol. The van der Waals surface area contributed by atoms with E-state index in [2.05, 4.69) is 4.98 Å². The van der Waals surface area contributed by atoms with Gasteiger partial charge in [0.1, 0.15) is 18.8 Å². The third-order valence-corrected chi connectivity index (χ3v) is 4.63. The molecule has 0 fully saturated rings. The van der Waals surface area contributed by atoms with Gasteiger partial charge in [0.25, 0.3) is 5.56 Å². The Bertz CT molecular complexity index is 1010. The highest BCUT2D eigenvalue weighted by Crippen LogP contribution is 2.21. The van der Waals surface area contributed by atoms with Crippen LogP contribution in [-0.2, 0) is 0 Å². The van der Waals surface area contributed by atoms with E-state index < -0.39 is 17.2 Å². The molecule has 0 radical (unpaired) electrons. The molecule has 0 atom stereocenters. The molecule has 0 spiro atoms. The Kier molecular flexibility index (Phi) is 10.2. The van der Waals surface area contributed by atoms with Crippen molar-refractivity contribution in [1.29, 1.82) is 0 Å². The standard InChI is InChI=1S/C23H27ClF2N2O2/c1-7-15(3)9-10-16(4)18(6)28-14-27-22(21(24)23(28)29)30-13-19(20(26)8-2)12-11-17(5)25/h7-12,14H,13H2,1-6H3/b10-9-,15-7-,17-11+,18-16+,19-12-,20-8+. The normalized spacial score (nSPS) is 15.0. The maximum atomic E-state index is 14.0. The average molecular weight is 437 g/mol. The van der Waals surface area contributed by atoms with Crippen molar-refractivity contribution in [3.8, 4) is 5.88 Å². The van der Waals surface area contributed by atoms with Crippen LogP contribution in [0.4, 0.5) is 8.78 Å². The second-order valence-corrected chi connectivity index (χ2v) is 6.92. The molecule has 1 aromatic heterocycles. The highest BCUT2D eigenvalue weighted by molar-refractivity contribution is 6.31. The van der Waals surface area contributed by atoms with Crippen LogP contribution >= 0.6 is 11.6 Å². The third kappa shape index (κ3) is 7.26. The Morgan fingerprint density at radius 1 is 1.13 bits per heavy atom. The number of nitrogens with zero attached hydrogens (tertiary/aromatic N) is 2. The van der Waals surface area contributed by atoms with Crippen molar-refractivity contribution < 1.29 is 13.5 Å². The lowest BCUT2D eigenvalue weighted by Crippen LogP contribution is -2.21. The SMILES string of the molecule is C\C=C(C)/C=C\C(C)=C(/C)n1cnc(OCC(=C/C=C(\C)F)/C(F)=C\C)c(Cl)c1=O. The van der Waals surface area contributed by atoms with E-state index in [4.69, 9.17) is 16.3 Å². The molecule has 0 aliphatic rings. The van der Waals surface area contributed by atoms with Crippen molar-refractivity contribution in [3.63, 3.8) is 0 Å². The molecule has 30 heavy (non-hydrogen) atoms. The predicted octanol–water partition coefficient (Wildman–Crippen LogP) is 6.72. The van der Waals surface area contributed by atoms with Gasteiger partial charge in [-0.15, -0.1) is 0 Å². The van der Waals surface area contributed by atoms with Gasteiger partial charge in [-0.1, -0.05) is 47.6 Å². The van der Waals surface area contributed by atoms with Crippen LogP contribution in [0, 0.1) is 0 Å². The van der Waals surface area contributed by atoms with Crippen molar-refractivity contribution in [2.24, 2.45) is 0 Å². The molecule has 4 nitrogen and oxygen atoms in total. The van der Waals surface area contributed by atoms with E-state index in [1.165, 1.54) is 36.9 Å². The van der Waals surface area contributed by atoms with Gasteiger partial charge in [-0.05, 0) is 53.2 Å². The van der Waals surface area contributed by atoms with Gasteiger partial charge in [0.2, 0.25) is 5.88 Å². The number of allylic oxidation sites excluding steroid dienone is 10. The smallest absolute Gasteiger partial charge is 0.280 e. The molecule has 1 rings (SSSR count). The van der Waals surface area contributed by atoms with E-state index in [9.17, 15) is 13.6 Å². The van der Waals surface area contributed by atoms with Gasteiger partial charge in [-0.3, -0.25) is 9.36 Å². The minimum absolute atomic E-state index is 0.0907. The highest BCUT2D eigenvalue weighted by Gasteiger charge is 2.14. The molecule has 0 N–H and O–H groups in total. The molecule has 0 saturated heterocycles. The first kappa shape index (κ1) is 25.3. The highest BCUT2D eigenvalue weighted by atomic mass is 35.5. The Hall–Kier alpha value is -2.73. The molecule has 1 aromatic rings. The van der Waals surface area contributed by atoms with E-state index in [-0.39, 0.29) is 23.1 Å². The molecule has 162 valence electrons. The van der Waals surface area contributed by atoms with Gasteiger partial charge in [-0.25, -0.2) is 13.8 Å². The zero-order valence-electron chi connectivity index (χ0n) is 18.1. The quantitative estimate of drug-likeness (QED) is 0.425. The summed E-state index contributed by atoms with van der Waals surface area (Å²) in [5, 5.41) is -0.226. The zero-order valence-corrected chi connectivity index (χ0v) is 18.8. The second kappa shape index (κ2) is 12.1. The monoisotopic (exact) mass is 436 g/mol. The molecule has 0 aliphatic heterocycles. The molecule has 0 amide bonds. The van der Waals surface area contributed by atoms with Gasteiger partial charge in [0.15, 0.2) is 5.02 Å². The molecule has 0 bridgehead atoms. The largest absolute Gasteiger partial charge is 0.471 e. The first-order chi connectivity index (χ1) is 14.1. The lowest BCUT2D eigenvalue weighted by Gasteiger charge is -2.12. The molecule has 1 heterocycles. The van der Waals surface area contributed by atoms with Crippen LogP contribution in [0.2, 0.25) is 5.02 Å². The summed E-state index contributed by atoms with van der Waals surface area (Å²) in [6.45, 7) is 10.0. The number of rotatable bonds is 8. The number of hydrogen-bond donors (Lipinski definition) is 0. The number of halogens is 3. The molecule has 0 aromatic carbocycles. The summed E-state index contributed by atoms with van der Waals surface area (Å²) in [5.41, 5.74) is 2.19. The minimum atomic E-state index is -0.574. The summed E-state index contributed by atoms with van der Waals surface area (Å²) < 4.78 is 33.7. The fraction of sp³-hybridized carbons (Fsp3) is 0.304. The summed E-state index contributed by atoms with van der Waals surface area (Å²) in [4.78, 5) is 16.7. The Labute approximate surface area is 181 Å². The lowest BCUT2D eigenvalue weighted by molar-refractivity contribution is 0.333. The number of hydrogen-bond acceptors (Lipinski definition) is 3. The Balaban J connectivity index is 3.20. The van der Waals surface area contributed by atoms with Crippen LogP contribution in [0.15, 0.2) is 76.0 Å². The molecular formula is C23H27ClF2N2O2. The van der Waals surface area contributed by atoms with Crippen LogP contribution < -0.4 is 10.3 Å².